The van der Waals surface area contributed by atoms with Crippen LogP contribution in [0.3, 0.4) is 0 Å². The number of hydrogen-bond donors (Lipinski definition) is 2. The molecule has 4 atom stereocenters. The molecule has 4 unspecified atom stereocenters. The van der Waals surface area contributed by atoms with E-state index in [1.165, 1.54) is 20.1 Å². The minimum absolute atomic E-state index is 0.155. The van der Waals surface area contributed by atoms with Gasteiger partial charge in [-0.3, -0.25) is 4.79 Å². The summed E-state index contributed by atoms with van der Waals surface area (Å²) in [4.78, 5) is 36.0. The molecule has 7 heteroatoms. The number of cyclic esters (lactones) is 1. The Hall–Kier alpha value is -2.41. The summed E-state index contributed by atoms with van der Waals surface area (Å²) in [5, 5.41) is 20.7. The smallest absolute Gasteiger partial charge is 0.333 e. The Morgan fingerprint density at radius 2 is 2.07 bits per heavy atom. The van der Waals surface area contributed by atoms with E-state index in [1.807, 2.05) is 0 Å². The lowest BCUT2D eigenvalue weighted by Gasteiger charge is -2.52. The number of allylic oxidation sites excluding steroid dienone is 3. The summed E-state index contributed by atoms with van der Waals surface area (Å²) in [6.07, 6.45) is 8.25. The van der Waals surface area contributed by atoms with E-state index < -0.39 is 34.5 Å². The Balaban J connectivity index is 1.95. The number of rotatable bonds is 4. The molecular formula is C21H26O7. The molecule has 1 saturated heterocycles. The van der Waals surface area contributed by atoms with Crippen LogP contribution in [-0.2, 0) is 23.9 Å². The summed E-state index contributed by atoms with van der Waals surface area (Å²) in [5.41, 5.74) is -2.80. The molecule has 0 aromatic carbocycles. The predicted octanol–water partition coefficient (Wildman–Crippen LogP) is 2.30. The van der Waals surface area contributed by atoms with E-state index in [2.05, 4.69) is 0 Å². The third kappa shape index (κ3) is 2.89. The molecule has 0 spiro atoms. The van der Waals surface area contributed by atoms with Crippen molar-refractivity contribution in [2.24, 2.45) is 11.3 Å². The number of esters is 2. The fourth-order valence-corrected chi connectivity index (χ4v) is 5.01. The zero-order valence-corrected chi connectivity index (χ0v) is 16.4. The molecule has 3 aliphatic rings. The maximum atomic E-state index is 13.1. The maximum Gasteiger partial charge on any atom is 0.333 e. The summed E-state index contributed by atoms with van der Waals surface area (Å²) in [5.74, 6) is -2.30. The number of carboxylic acids is 1. The largest absolute Gasteiger partial charge is 0.478 e. The Bertz CT molecular complexity index is 808. The van der Waals surface area contributed by atoms with Gasteiger partial charge in [0.2, 0.25) is 0 Å². The van der Waals surface area contributed by atoms with Crippen molar-refractivity contribution in [2.45, 2.75) is 57.2 Å². The summed E-state index contributed by atoms with van der Waals surface area (Å²) >= 11 is 0. The van der Waals surface area contributed by atoms with Crippen LogP contribution in [0.15, 0.2) is 35.5 Å². The van der Waals surface area contributed by atoms with E-state index in [0.717, 1.165) is 0 Å². The second-order valence-electron chi connectivity index (χ2n) is 8.11. The highest BCUT2D eigenvalue weighted by atomic mass is 16.6. The van der Waals surface area contributed by atoms with Crippen LogP contribution >= 0.6 is 0 Å². The number of carbonyl (C=O) groups is 3. The quantitative estimate of drug-likeness (QED) is 0.430. The van der Waals surface area contributed by atoms with Crippen molar-refractivity contribution in [1.82, 2.24) is 0 Å². The van der Waals surface area contributed by atoms with E-state index in [0.29, 0.717) is 24.8 Å². The summed E-state index contributed by atoms with van der Waals surface area (Å²) in [6.45, 7) is 3.21. The molecular weight excluding hydrogens is 364 g/mol. The molecule has 2 fully saturated rings. The van der Waals surface area contributed by atoms with E-state index in [-0.39, 0.29) is 24.3 Å². The van der Waals surface area contributed by atoms with Gasteiger partial charge in [-0.1, -0.05) is 18.2 Å². The Morgan fingerprint density at radius 1 is 1.36 bits per heavy atom. The fraction of sp³-hybridized carbons (Fsp3) is 0.571. The standard InChI is InChI=1S/C21H26O7/c1-13(16(22)23)5-4-9-19(2)15-8-11-20(18(25)28-19)10-6-14(17(24)27-3)7-12-21(15,20)26/h4-6,9,15,26H,7-8,10-12H2,1-3H3,(H,22,23)/b9-4+,13-5-. The molecule has 0 aromatic rings. The second-order valence-corrected chi connectivity index (χ2v) is 8.11. The molecule has 0 radical (unpaired) electrons. The number of carbonyl (C=O) groups excluding carboxylic acids is 2. The first-order valence-corrected chi connectivity index (χ1v) is 9.42. The van der Waals surface area contributed by atoms with Crippen LogP contribution in [0.5, 0.6) is 0 Å². The highest BCUT2D eigenvalue weighted by Crippen LogP contribution is 2.63. The molecule has 28 heavy (non-hydrogen) atoms. The van der Waals surface area contributed by atoms with Crippen LogP contribution in [0.2, 0.25) is 0 Å². The van der Waals surface area contributed by atoms with Gasteiger partial charge in [0.25, 0.3) is 0 Å². The number of aliphatic carboxylic acids is 1. The van der Waals surface area contributed by atoms with E-state index in [9.17, 15) is 19.5 Å². The summed E-state index contributed by atoms with van der Waals surface area (Å²) in [6, 6.07) is 0. The van der Waals surface area contributed by atoms with Crippen LogP contribution in [0, 0.1) is 11.3 Å². The summed E-state index contributed by atoms with van der Waals surface area (Å²) in [7, 11) is 1.31. The number of aliphatic hydroxyl groups is 1. The third-order valence-corrected chi connectivity index (χ3v) is 6.69. The minimum atomic E-state index is -1.31. The zero-order valence-electron chi connectivity index (χ0n) is 16.4. The van der Waals surface area contributed by atoms with Crippen LogP contribution < -0.4 is 0 Å². The Kier molecular flexibility index (Phi) is 5.00. The SMILES string of the molecule is COC(=O)C1=CCC23CCC(C(C)(/C=C/C=C(/C)C(=O)O)OC2=O)C3(O)CC1. The van der Waals surface area contributed by atoms with Gasteiger partial charge >= 0.3 is 17.9 Å². The van der Waals surface area contributed by atoms with Crippen molar-refractivity contribution in [1.29, 1.82) is 0 Å². The topological polar surface area (TPSA) is 110 Å². The van der Waals surface area contributed by atoms with Crippen molar-refractivity contribution in [3.63, 3.8) is 0 Å². The van der Waals surface area contributed by atoms with Crippen molar-refractivity contribution < 1.29 is 34.1 Å². The molecule has 2 N–H and O–H groups in total. The molecule has 2 bridgehead atoms. The predicted molar refractivity (Wildman–Crippen MR) is 99.1 cm³/mol. The van der Waals surface area contributed by atoms with Crippen LogP contribution in [0.1, 0.15) is 46.0 Å². The monoisotopic (exact) mass is 390 g/mol. The van der Waals surface area contributed by atoms with Gasteiger partial charge in [0.1, 0.15) is 11.0 Å². The number of carboxylic acid groups (broad SMARTS) is 1. The lowest BCUT2D eigenvalue weighted by atomic mass is 9.62. The number of methoxy groups -OCH3 is 1. The third-order valence-electron chi connectivity index (χ3n) is 6.69. The number of hydrogen-bond acceptors (Lipinski definition) is 6. The van der Waals surface area contributed by atoms with Gasteiger partial charge in [-0.2, -0.15) is 0 Å². The fourth-order valence-electron chi connectivity index (χ4n) is 5.01. The Labute approximate surface area is 163 Å². The first kappa shape index (κ1) is 20.3. The average molecular weight is 390 g/mol. The molecule has 3 rings (SSSR count). The maximum absolute atomic E-state index is 13.1. The molecule has 0 aromatic heterocycles. The average Bonchev–Trinajstić information content (AvgIpc) is 2.77. The lowest BCUT2D eigenvalue weighted by Crippen LogP contribution is -2.63. The van der Waals surface area contributed by atoms with Crippen LogP contribution in [0.25, 0.3) is 0 Å². The van der Waals surface area contributed by atoms with Gasteiger partial charge in [-0.25, -0.2) is 9.59 Å². The lowest BCUT2D eigenvalue weighted by molar-refractivity contribution is -0.224. The van der Waals surface area contributed by atoms with Gasteiger partial charge in [0.05, 0.1) is 12.7 Å². The highest BCUT2D eigenvalue weighted by Gasteiger charge is 2.71. The highest BCUT2D eigenvalue weighted by molar-refractivity contribution is 5.89. The van der Waals surface area contributed by atoms with E-state index in [1.54, 1.807) is 25.2 Å². The van der Waals surface area contributed by atoms with Crippen molar-refractivity contribution in [3.05, 3.63) is 35.5 Å². The van der Waals surface area contributed by atoms with Gasteiger partial charge in [0.15, 0.2) is 0 Å². The van der Waals surface area contributed by atoms with Gasteiger partial charge < -0.3 is 19.7 Å². The van der Waals surface area contributed by atoms with Gasteiger partial charge in [0, 0.05) is 17.1 Å². The van der Waals surface area contributed by atoms with E-state index in [4.69, 9.17) is 14.6 Å². The van der Waals surface area contributed by atoms with Gasteiger partial charge in [-0.05, 0) is 52.0 Å². The van der Waals surface area contributed by atoms with Gasteiger partial charge in [-0.15, -0.1) is 0 Å². The Morgan fingerprint density at radius 3 is 2.71 bits per heavy atom. The first-order valence-electron chi connectivity index (χ1n) is 9.42. The molecule has 1 aliphatic heterocycles. The van der Waals surface area contributed by atoms with Crippen molar-refractivity contribution >= 4 is 17.9 Å². The molecule has 0 amide bonds. The zero-order chi connectivity index (χ0) is 20.7. The summed E-state index contributed by atoms with van der Waals surface area (Å²) < 4.78 is 10.6. The normalized spacial score (nSPS) is 37.7. The molecule has 1 saturated carbocycles. The molecule has 152 valence electrons. The second kappa shape index (κ2) is 6.88. The van der Waals surface area contributed by atoms with Crippen LogP contribution in [-0.4, -0.2) is 46.4 Å². The van der Waals surface area contributed by atoms with Crippen molar-refractivity contribution in [2.75, 3.05) is 7.11 Å². The van der Waals surface area contributed by atoms with Crippen LogP contribution in [0.4, 0.5) is 0 Å². The van der Waals surface area contributed by atoms with Crippen molar-refractivity contribution in [3.8, 4) is 0 Å². The number of ether oxygens (including phenoxy) is 2. The van der Waals surface area contributed by atoms with E-state index >= 15 is 0 Å². The molecule has 2 aliphatic carbocycles. The minimum Gasteiger partial charge on any atom is -0.478 e. The molecule has 7 nitrogen and oxygen atoms in total. The first-order chi connectivity index (χ1) is 13.1. The molecule has 1 heterocycles.